The van der Waals surface area contributed by atoms with Gasteiger partial charge in [0.15, 0.2) is 0 Å². The fraction of sp³-hybridized carbons (Fsp3) is 0.611. The molecule has 1 aromatic rings. The second-order valence-corrected chi connectivity index (χ2v) is 6.88. The van der Waals surface area contributed by atoms with Gasteiger partial charge in [-0.3, -0.25) is 4.79 Å². The van der Waals surface area contributed by atoms with Gasteiger partial charge in [-0.25, -0.2) is 4.39 Å². The van der Waals surface area contributed by atoms with Gasteiger partial charge < -0.3 is 10.2 Å². The first-order chi connectivity index (χ1) is 10.5. The molecule has 3 nitrogen and oxygen atoms in total. The van der Waals surface area contributed by atoms with Crippen molar-refractivity contribution in [2.24, 2.45) is 5.92 Å². The summed E-state index contributed by atoms with van der Waals surface area (Å²) in [6.07, 6.45) is 5.28. The van der Waals surface area contributed by atoms with E-state index in [-0.39, 0.29) is 17.8 Å². The highest BCUT2D eigenvalue weighted by molar-refractivity contribution is 5.76. The third-order valence-corrected chi connectivity index (χ3v) is 5.36. The van der Waals surface area contributed by atoms with Crippen LogP contribution in [-0.4, -0.2) is 29.9 Å². The Morgan fingerprint density at radius 2 is 1.95 bits per heavy atom. The number of halogens is 1. The molecule has 2 aliphatic heterocycles. The van der Waals surface area contributed by atoms with Crippen LogP contribution in [0.15, 0.2) is 24.3 Å². The van der Waals surface area contributed by atoms with Gasteiger partial charge >= 0.3 is 0 Å². The van der Waals surface area contributed by atoms with E-state index in [0.717, 1.165) is 12.8 Å². The molecule has 0 aliphatic carbocycles. The first-order valence-corrected chi connectivity index (χ1v) is 8.30. The molecule has 3 rings (SSSR count). The molecule has 0 aromatic heterocycles. The van der Waals surface area contributed by atoms with E-state index in [0.29, 0.717) is 30.0 Å². The maximum absolute atomic E-state index is 13.9. The SMILES string of the molecule is CC(c1ccccc1F)N(C)C(=O)CC1CC2CCC(C1)N2. The Morgan fingerprint density at radius 3 is 2.59 bits per heavy atom. The molecule has 22 heavy (non-hydrogen) atoms. The summed E-state index contributed by atoms with van der Waals surface area (Å²) in [4.78, 5) is 14.3. The summed E-state index contributed by atoms with van der Waals surface area (Å²) >= 11 is 0. The van der Waals surface area contributed by atoms with Crippen molar-refractivity contribution in [3.8, 4) is 0 Å². The fourth-order valence-corrected chi connectivity index (χ4v) is 3.97. The number of piperidine rings is 1. The van der Waals surface area contributed by atoms with Crippen LogP contribution in [0.3, 0.4) is 0 Å². The molecule has 0 radical (unpaired) electrons. The van der Waals surface area contributed by atoms with Gasteiger partial charge in [-0.05, 0) is 44.6 Å². The van der Waals surface area contributed by atoms with Crippen LogP contribution >= 0.6 is 0 Å². The Morgan fingerprint density at radius 1 is 1.32 bits per heavy atom. The van der Waals surface area contributed by atoms with E-state index in [1.807, 2.05) is 13.0 Å². The van der Waals surface area contributed by atoms with E-state index in [2.05, 4.69) is 5.32 Å². The van der Waals surface area contributed by atoms with Crippen molar-refractivity contribution in [1.29, 1.82) is 0 Å². The van der Waals surface area contributed by atoms with E-state index in [9.17, 15) is 9.18 Å². The van der Waals surface area contributed by atoms with Crippen molar-refractivity contribution in [3.05, 3.63) is 35.6 Å². The van der Waals surface area contributed by atoms with E-state index < -0.39 is 0 Å². The van der Waals surface area contributed by atoms with Crippen LogP contribution in [0.1, 0.15) is 50.6 Å². The maximum atomic E-state index is 13.9. The van der Waals surface area contributed by atoms with Gasteiger partial charge in [-0.15, -0.1) is 0 Å². The lowest BCUT2D eigenvalue weighted by Gasteiger charge is -2.31. The Hall–Kier alpha value is -1.42. The summed E-state index contributed by atoms with van der Waals surface area (Å²) in [6, 6.07) is 7.68. The molecule has 2 saturated heterocycles. The van der Waals surface area contributed by atoms with Gasteiger partial charge in [-0.2, -0.15) is 0 Å². The van der Waals surface area contributed by atoms with Crippen molar-refractivity contribution < 1.29 is 9.18 Å². The number of carbonyl (C=O) groups is 1. The molecule has 2 heterocycles. The topological polar surface area (TPSA) is 32.3 Å². The summed E-state index contributed by atoms with van der Waals surface area (Å²) in [5.74, 6) is 0.359. The smallest absolute Gasteiger partial charge is 0.223 e. The summed E-state index contributed by atoms with van der Waals surface area (Å²) in [5.41, 5.74) is 0.587. The molecule has 4 heteroatoms. The van der Waals surface area contributed by atoms with Crippen molar-refractivity contribution in [3.63, 3.8) is 0 Å². The molecule has 120 valence electrons. The zero-order valence-electron chi connectivity index (χ0n) is 13.4. The summed E-state index contributed by atoms with van der Waals surface area (Å²) < 4.78 is 13.9. The van der Waals surface area contributed by atoms with E-state index in [4.69, 9.17) is 0 Å². The van der Waals surface area contributed by atoms with Gasteiger partial charge in [0.05, 0.1) is 6.04 Å². The average Bonchev–Trinajstić information content (AvgIpc) is 2.85. The number of carbonyl (C=O) groups excluding carboxylic acids is 1. The molecule has 3 atom stereocenters. The van der Waals surface area contributed by atoms with Crippen LogP contribution in [0.2, 0.25) is 0 Å². The number of rotatable bonds is 4. The molecule has 1 aromatic carbocycles. The zero-order valence-corrected chi connectivity index (χ0v) is 13.4. The Balaban J connectivity index is 1.61. The monoisotopic (exact) mass is 304 g/mol. The number of amides is 1. The minimum atomic E-state index is -0.241. The Bertz CT molecular complexity index is 536. The standard InChI is InChI=1S/C18H25FN2O/c1-12(16-5-3-4-6-17(16)19)21(2)18(22)11-13-9-14-7-8-15(10-13)20-14/h3-6,12-15,20H,7-11H2,1-2H3. The van der Waals surface area contributed by atoms with E-state index >= 15 is 0 Å². The van der Waals surface area contributed by atoms with Crippen molar-refractivity contribution >= 4 is 5.91 Å². The first-order valence-electron chi connectivity index (χ1n) is 8.30. The molecule has 2 bridgehead atoms. The van der Waals surface area contributed by atoms with Crippen LogP contribution in [0, 0.1) is 11.7 Å². The van der Waals surface area contributed by atoms with E-state index in [1.54, 1.807) is 24.1 Å². The molecule has 2 aliphatic rings. The minimum absolute atomic E-state index is 0.127. The number of benzene rings is 1. The van der Waals surface area contributed by atoms with Crippen molar-refractivity contribution in [2.75, 3.05) is 7.05 Å². The molecule has 1 amide bonds. The predicted octanol–water partition coefficient (Wildman–Crippen LogP) is 3.27. The highest BCUT2D eigenvalue weighted by Crippen LogP contribution is 2.33. The van der Waals surface area contributed by atoms with Crippen LogP contribution in [0.5, 0.6) is 0 Å². The quantitative estimate of drug-likeness (QED) is 0.926. The third kappa shape index (κ3) is 3.17. The molecule has 0 spiro atoms. The highest BCUT2D eigenvalue weighted by atomic mass is 19.1. The number of nitrogens with zero attached hydrogens (tertiary/aromatic N) is 1. The molecule has 3 unspecified atom stereocenters. The first kappa shape index (κ1) is 15.5. The average molecular weight is 304 g/mol. The predicted molar refractivity (Wildman–Crippen MR) is 84.9 cm³/mol. The number of hydrogen-bond donors (Lipinski definition) is 1. The number of nitrogens with one attached hydrogen (secondary N) is 1. The van der Waals surface area contributed by atoms with Crippen LogP contribution in [-0.2, 0) is 4.79 Å². The fourth-order valence-electron chi connectivity index (χ4n) is 3.97. The van der Waals surface area contributed by atoms with Gasteiger partial charge in [0.2, 0.25) is 5.91 Å². The molecular weight excluding hydrogens is 279 g/mol. The molecule has 2 fully saturated rings. The molecule has 0 saturated carbocycles. The Kier molecular flexibility index (Phi) is 4.48. The lowest BCUT2D eigenvalue weighted by molar-refractivity contribution is -0.133. The second-order valence-electron chi connectivity index (χ2n) is 6.88. The summed E-state index contributed by atoms with van der Waals surface area (Å²) in [7, 11) is 1.79. The van der Waals surface area contributed by atoms with Gasteiger partial charge in [0, 0.05) is 31.1 Å². The van der Waals surface area contributed by atoms with Crippen molar-refractivity contribution in [2.45, 2.75) is 57.2 Å². The molecular formula is C18H25FN2O. The van der Waals surface area contributed by atoms with Crippen LogP contribution < -0.4 is 5.32 Å². The summed E-state index contributed by atoms with van der Waals surface area (Å²) in [6.45, 7) is 1.89. The normalized spacial score (nSPS) is 28.4. The third-order valence-electron chi connectivity index (χ3n) is 5.36. The van der Waals surface area contributed by atoms with Crippen LogP contribution in [0.4, 0.5) is 4.39 Å². The lowest BCUT2D eigenvalue weighted by Crippen LogP contribution is -2.40. The lowest BCUT2D eigenvalue weighted by atomic mass is 9.89. The molecule has 1 N–H and O–H groups in total. The maximum Gasteiger partial charge on any atom is 0.223 e. The Labute approximate surface area is 131 Å². The number of fused-ring (bicyclic) bond motifs is 2. The van der Waals surface area contributed by atoms with Gasteiger partial charge in [0.1, 0.15) is 5.82 Å². The van der Waals surface area contributed by atoms with E-state index in [1.165, 1.54) is 18.9 Å². The highest BCUT2D eigenvalue weighted by Gasteiger charge is 2.35. The second kappa shape index (κ2) is 6.37. The zero-order chi connectivity index (χ0) is 15.7. The van der Waals surface area contributed by atoms with Gasteiger partial charge in [0.25, 0.3) is 0 Å². The van der Waals surface area contributed by atoms with Gasteiger partial charge in [-0.1, -0.05) is 18.2 Å². The van der Waals surface area contributed by atoms with Crippen molar-refractivity contribution in [1.82, 2.24) is 10.2 Å². The summed E-state index contributed by atoms with van der Waals surface area (Å²) in [5, 5.41) is 3.60. The van der Waals surface area contributed by atoms with Crippen LogP contribution in [0.25, 0.3) is 0 Å². The largest absolute Gasteiger partial charge is 0.339 e. The minimum Gasteiger partial charge on any atom is -0.339 e. The number of hydrogen-bond acceptors (Lipinski definition) is 2.